The molecule has 1 aromatic carbocycles. The van der Waals surface area contributed by atoms with Gasteiger partial charge in [0.25, 0.3) is 5.91 Å². The highest BCUT2D eigenvalue weighted by Crippen LogP contribution is 2.31. The van der Waals surface area contributed by atoms with E-state index in [1.165, 1.54) is 7.05 Å². The lowest BCUT2D eigenvalue weighted by Crippen LogP contribution is -2.54. The Kier molecular flexibility index (Phi) is 6.30. The van der Waals surface area contributed by atoms with Gasteiger partial charge < -0.3 is 9.88 Å². The van der Waals surface area contributed by atoms with Gasteiger partial charge in [0, 0.05) is 18.9 Å². The van der Waals surface area contributed by atoms with Crippen LogP contribution in [-0.4, -0.2) is 30.6 Å². The third-order valence-electron chi connectivity index (χ3n) is 3.86. The molecular formula is C16H15Cl2F4N3O3S. The number of aryl methyl sites for hydroxylation is 1. The Bertz CT molecular complexity index is 1040. The van der Waals surface area contributed by atoms with Crippen molar-refractivity contribution in [2.75, 3.05) is 5.32 Å². The van der Waals surface area contributed by atoms with E-state index in [2.05, 4.69) is 5.32 Å². The van der Waals surface area contributed by atoms with Crippen molar-refractivity contribution in [1.29, 1.82) is 0 Å². The van der Waals surface area contributed by atoms with Crippen molar-refractivity contribution in [1.82, 2.24) is 9.29 Å². The fourth-order valence-corrected chi connectivity index (χ4v) is 4.14. The topological polar surface area (TPSA) is 80.2 Å². The molecule has 0 saturated heterocycles. The molecule has 160 valence electrons. The van der Waals surface area contributed by atoms with E-state index >= 15 is 0 Å². The first kappa shape index (κ1) is 23.5. The highest BCUT2D eigenvalue weighted by Gasteiger charge is 2.50. The number of benzene rings is 1. The SMILES string of the molecule is Cn1cc(S(=O)(=O)NC(C)(C)C(F)(F)F)cc1C(=O)Nc1cc(Cl)c(F)c(Cl)c1. The number of hydrogen-bond donors (Lipinski definition) is 2. The molecular weight excluding hydrogens is 461 g/mol. The molecule has 0 spiro atoms. The molecule has 0 unspecified atom stereocenters. The Morgan fingerprint density at radius 2 is 1.62 bits per heavy atom. The third-order valence-corrected chi connectivity index (χ3v) is 6.04. The predicted octanol–water partition coefficient (Wildman–Crippen LogP) is 4.34. The van der Waals surface area contributed by atoms with Crippen LogP contribution in [0.1, 0.15) is 24.3 Å². The molecule has 0 bridgehead atoms. The number of alkyl halides is 3. The lowest BCUT2D eigenvalue weighted by molar-refractivity contribution is -0.180. The van der Waals surface area contributed by atoms with Crippen LogP contribution in [-0.2, 0) is 17.1 Å². The summed E-state index contributed by atoms with van der Waals surface area (Å²) in [6.07, 6.45) is -3.86. The van der Waals surface area contributed by atoms with Gasteiger partial charge in [-0.1, -0.05) is 23.2 Å². The Morgan fingerprint density at radius 3 is 2.10 bits per heavy atom. The van der Waals surface area contributed by atoms with Gasteiger partial charge in [-0.3, -0.25) is 4.79 Å². The molecule has 6 nitrogen and oxygen atoms in total. The number of sulfonamides is 1. The van der Waals surface area contributed by atoms with Crippen molar-refractivity contribution in [2.45, 2.75) is 30.5 Å². The van der Waals surface area contributed by atoms with Crippen molar-refractivity contribution < 1.29 is 30.8 Å². The van der Waals surface area contributed by atoms with Crippen LogP contribution in [0.4, 0.5) is 23.2 Å². The second kappa shape index (κ2) is 7.78. The number of nitrogens with one attached hydrogen (secondary N) is 2. The summed E-state index contributed by atoms with van der Waals surface area (Å²) in [6.45, 7) is 1.34. The van der Waals surface area contributed by atoms with E-state index in [-0.39, 0.29) is 21.4 Å². The molecule has 1 heterocycles. The van der Waals surface area contributed by atoms with Gasteiger partial charge in [0.2, 0.25) is 10.0 Å². The summed E-state index contributed by atoms with van der Waals surface area (Å²) in [5, 5.41) is 1.66. The maximum Gasteiger partial charge on any atom is 0.407 e. The summed E-state index contributed by atoms with van der Waals surface area (Å²) >= 11 is 11.3. The highest BCUT2D eigenvalue weighted by atomic mass is 35.5. The third kappa shape index (κ3) is 5.03. The molecule has 0 radical (unpaired) electrons. The van der Waals surface area contributed by atoms with Crippen LogP contribution >= 0.6 is 23.2 Å². The van der Waals surface area contributed by atoms with Crippen LogP contribution in [0.15, 0.2) is 29.3 Å². The van der Waals surface area contributed by atoms with E-state index in [0.717, 1.165) is 29.0 Å². The zero-order chi connectivity index (χ0) is 22.4. The average Bonchev–Trinajstić information content (AvgIpc) is 2.93. The fraction of sp³-hybridized carbons (Fsp3) is 0.312. The largest absolute Gasteiger partial charge is 0.407 e. The monoisotopic (exact) mass is 475 g/mol. The minimum absolute atomic E-state index is 0.0355. The number of amides is 1. The normalized spacial score (nSPS) is 12.9. The molecule has 29 heavy (non-hydrogen) atoms. The predicted molar refractivity (Wildman–Crippen MR) is 100 cm³/mol. The van der Waals surface area contributed by atoms with Crippen LogP contribution in [0.5, 0.6) is 0 Å². The van der Waals surface area contributed by atoms with Gasteiger partial charge in [-0.2, -0.15) is 17.9 Å². The maximum atomic E-state index is 13.5. The number of hydrogen-bond acceptors (Lipinski definition) is 3. The number of nitrogens with zero attached hydrogens (tertiary/aromatic N) is 1. The van der Waals surface area contributed by atoms with Crippen LogP contribution in [0.25, 0.3) is 0 Å². The molecule has 0 aliphatic rings. The Hall–Kier alpha value is -1.82. The maximum absolute atomic E-state index is 13.5. The molecule has 2 N–H and O–H groups in total. The first-order valence-corrected chi connectivity index (χ1v) is 10.0. The second-order valence-corrected chi connectivity index (χ2v) is 9.11. The van der Waals surface area contributed by atoms with Crippen molar-refractivity contribution >= 4 is 44.8 Å². The smallest absolute Gasteiger partial charge is 0.345 e. The summed E-state index contributed by atoms with van der Waals surface area (Å²) in [4.78, 5) is 11.9. The molecule has 0 aliphatic carbocycles. The minimum atomic E-state index is -4.84. The summed E-state index contributed by atoms with van der Waals surface area (Å²) in [7, 11) is -3.26. The number of anilines is 1. The van der Waals surface area contributed by atoms with Crippen molar-refractivity contribution in [2.24, 2.45) is 7.05 Å². The lowest BCUT2D eigenvalue weighted by Gasteiger charge is -2.28. The summed E-state index contributed by atoms with van der Waals surface area (Å²) in [5.74, 6) is -1.69. The number of rotatable bonds is 5. The molecule has 0 saturated carbocycles. The van der Waals surface area contributed by atoms with Crippen LogP contribution in [0.2, 0.25) is 10.0 Å². The first-order valence-electron chi connectivity index (χ1n) is 7.78. The molecule has 13 heteroatoms. The lowest BCUT2D eigenvalue weighted by atomic mass is 10.1. The average molecular weight is 476 g/mol. The van der Waals surface area contributed by atoms with E-state index in [0.29, 0.717) is 13.8 Å². The first-order chi connectivity index (χ1) is 13.0. The standard InChI is InChI=1S/C16H15Cl2F4N3O3S/c1-15(2,16(20,21)22)24-29(27,28)9-6-12(25(3)7-9)14(26)23-8-4-10(17)13(19)11(18)5-8/h4-7,24H,1-3H3,(H,23,26). The molecule has 0 atom stereocenters. The fourth-order valence-electron chi connectivity index (χ4n) is 2.18. The van der Waals surface area contributed by atoms with Gasteiger partial charge in [-0.15, -0.1) is 0 Å². The zero-order valence-corrected chi connectivity index (χ0v) is 17.5. The van der Waals surface area contributed by atoms with Gasteiger partial charge in [0.15, 0.2) is 5.82 Å². The van der Waals surface area contributed by atoms with E-state index in [1.807, 2.05) is 0 Å². The number of aromatic nitrogens is 1. The Morgan fingerprint density at radius 1 is 1.10 bits per heavy atom. The summed E-state index contributed by atoms with van der Waals surface area (Å²) in [6, 6.07) is 3.08. The van der Waals surface area contributed by atoms with Crippen molar-refractivity contribution in [3.8, 4) is 0 Å². The van der Waals surface area contributed by atoms with Crippen LogP contribution in [0, 0.1) is 5.82 Å². The highest BCUT2D eigenvalue weighted by molar-refractivity contribution is 7.89. The molecule has 1 aromatic heterocycles. The van der Waals surface area contributed by atoms with E-state index < -0.39 is 38.4 Å². The van der Waals surface area contributed by atoms with Gasteiger partial charge in [-0.05, 0) is 32.0 Å². The van der Waals surface area contributed by atoms with Crippen LogP contribution in [0.3, 0.4) is 0 Å². The molecule has 0 aliphatic heterocycles. The zero-order valence-electron chi connectivity index (χ0n) is 15.2. The Labute approximate surface area is 173 Å². The summed E-state index contributed by atoms with van der Waals surface area (Å²) in [5.41, 5.74) is -2.88. The minimum Gasteiger partial charge on any atom is -0.345 e. The van der Waals surface area contributed by atoms with Crippen LogP contribution < -0.4 is 10.0 Å². The van der Waals surface area contributed by atoms with E-state index in [4.69, 9.17) is 23.2 Å². The molecule has 2 rings (SSSR count). The molecule has 0 fully saturated rings. The second-order valence-electron chi connectivity index (χ2n) is 6.61. The molecule has 2 aromatic rings. The van der Waals surface area contributed by atoms with Crippen molar-refractivity contribution in [3.63, 3.8) is 0 Å². The Balaban J connectivity index is 2.31. The van der Waals surface area contributed by atoms with E-state index in [9.17, 15) is 30.8 Å². The number of carbonyl (C=O) groups is 1. The van der Waals surface area contributed by atoms with Gasteiger partial charge in [0.05, 0.1) is 10.0 Å². The summed E-state index contributed by atoms with van der Waals surface area (Å²) < 4.78 is 79.7. The quantitative estimate of drug-likeness (QED) is 0.498. The van der Waals surface area contributed by atoms with Gasteiger partial charge in [0.1, 0.15) is 16.1 Å². The number of halogens is 6. The van der Waals surface area contributed by atoms with E-state index in [1.54, 1.807) is 4.72 Å². The van der Waals surface area contributed by atoms with Gasteiger partial charge in [-0.25, -0.2) is 12.8 Å². The number of carbonyl (C=O) groups excluding carboxylic acids is 1. The molecule has 1 amide bonds. The van der Waals surface area contributed by atoms with Crippen molar-refractivity contribution in [3.05, 3.63) is 46.0 Å². The van der Waals surface area contributed by atoms with Gasteiger partial charge >= 0.3 is 6.18 Å².